The summed E-state index contributed by atoms with van der Waals surface area (Å²) < 4.78 is 134. The molecular formula is C43H34F8N6O4. The van der Waals surface area contributed by atoms with E-state index in [0.29, 0.717) is 23.8 Å². The maximum Gasteiger partial charge on any atom is 0.586 e. The number of piperazine rings is 1. The van der Waals surface area contributed by atoms with Gasteiger partial charge in [-0.15, -0.1) is 15.2 Å². The summed E-state index contributed by atoms with van der Waals surface area (Å²) in [5, 5.41) is 14.4. The van der Waals surface area contributed by atoms with Crippen LogP contribution in [0.2, 0.25) is 0 Å². The van der Waals surface area contributed by atoms with Crippen LogP contribution in [0.5, 0.6) is 23.3 Å². The van der Waals surface area contributed by atoms with E-state index in [-0.39, 0.29) is 107 Å². The van der Waals surface area contributed by atoms with Gasteiger partial charge in [0, 0.05) is 67.3 Å². The lowest BCUT2D eigenvalue weighted by atomic mass is 9.88. The standard InChI is InChI=1S/C43H34F8N6O4/c1-2-27-30(46)5-3-21-9-26(58)11-28(34(21)27)36-35(49)37-29(16-52-36)39(56-18-25-7-8-41(19-56,55-25)14-33(47)48)54-40(53-37)59-20-42-12-23(15-44)38(57(42)17-24(45)13-42)22-4-6-31-32(10-22)61-43(50,51)60-31/h1,3-6,9-11,14,16,23-25,38,55,58H,7-8,12-13,15,17-20H2/t23?,24-,25?,38-,41?,42?/m0/s1. The van der Waals surface area contributed by atoms with Crippen LogP contribution >= 0.6 is 0 Å². The van der Waals surface area contributed by atoms with Crippen molar-refractivity contribution >= 4 is 27.5 Å². The molecule has 6 atom stereocenters. The number of alkyl halides is 4. The van der Waals surface area contributed by atoms with Crippen molar-refractivity contribution in [3.8, 4) is 46.9 Å². The van der Waals surface area contributed by atoms with Crippen LogP contribution in [0, 0.1) is 29.9 Å². The van der Waals surface area contributed by atoms with E-state index in [0.717, 1.165) is 12.1 Å². The molecule has 0 spiro atoms. The third-order valence-electron chi connectivity index (χ3n) is 12.6. The number of halogens is 8. The Morgan fingerprint density at radius 2 is 1.89 bits per heavy atom. The number of aromatic hydroxyl groups is 1. The van der Waals surface area contributed by atoms with Crippen LogP contribution in [0.1, 0.15) is 42.9 Å². The average Bonchev–Trinajstić information content (AvgIpc) is 3.90. The topological polar surface area (TPSA) is 105 Å². The first-order chi connectivity index (χ1) is 29.2. The fraction of sp³-hybridized carbons (Fsp3) is 0.372. The molecule has 2 aromatic heterocycles. The number of phenolic OH excluding ortho intramolecular Hbond substituents is 1. The number of hydrogen-bond donors (Lipinski definition) is 2. The van der Waals surface area contributed by atoms with Gasteiger partial charge in [0.1, 0.15) is 41.4 Å². The Kier molecular flexibility index (Phi) is 9.04. The predicted molar refractivity (Wildman–Crippen MR) is 205 cm³/mol. The predicted octanol–water partition coefficient (Wildman–Crippen LogP) is 8.11. The molecule has 7 heterocycles. The Bertz CT molecular complexity index is 2710. The third kappa shape index (κ3) is 6.51. The zero-order valence-corrected chi connectivity index (χ0v) is 31.9. The molecule has 4 fully saturated rings. The fourth-order valence-electron chi connectivity index (χ4n) is 10.3. The molecule has 61 heavy (non-hydrogen) atoms. The van der Waals surface area contributed by atoms with E-state index in [1.54, 1.807) is 9.80 Å². The zero-order valence-electron chi connectivity index (χ0n) is 31.9. The second-order valence-corrected chi connectivity index (χ2v) is 16.4. The molecule has 316 valence electrons. The largest absolute Gasteiger partial charge is 0.586 e. The summed E-state index contributed by atoms with van der Waals surface area (Å²) in [5.74, 6) is -0.835. The number of terminal acetylenes is 1. The van der Waals surface area contributed by atoms with Crippen molar-refractivity contribution in [1.82, 2.24) is 25.2 Å². The molecule has 0 saturated carbocycles. The maximum atomic E-state index is 17.2. The summed E-state index contributed by atoms with van der Waals surface area (Å²) in [4.78, 5) is 17.0. The summed E-state index contributed by atoms with van der Waals surface area (Å²) in [5.41, 5.74) is -2.79. The number of ether oxygens (including phenoxy) is 3. The van der Waals surface area contributed by atoms with Gasteiger partial charge in [0.05, 0.1) is 28.7 Å². The number of hydrogen-bond acceptors (Lipinski definition) is 10. The number of rotatable bonds is 8. The molecule has 2 bridgehead atoms. The van der Waals surface area contributed by atoms with E-state index in [1.807, 2.05) is 0 Å². The van der Waals surface area contributed by atoms with Crippen molar-refractivity contribution in [3.05, 3.63) is 83.6 Å². The van der Waals surface area contributed by atoms with Gasteiger partial charge in [-0.25, -0.2) is 13.2 Å². The van der Waals surface area contributed by atoms with E-state index >= 15 is 13.2 Å². The number of anilines is 1. The fourth-order valence-corrected chi connectivity index (χ4v) is 10.3. The van der Waals surface area contributed by atoms with Crippen LogP contribution in [-0.2, 0) is 0 Å². The number of benzene rings is 3. The normalized spacial score (nSPS) is 27.4. The van der Waals surface area contributed by atoms with E-state index < -0.39 is 59.9 Å². The SMILES string of the molecule is C#Cc1c(F)ccc2cc(O)cc(-c3ncc4c(N5CC6CCC(C=C(F)F)(C5)N6)nc(OCC56CC(CF)[C@H](c7ccc8c(c7)OC(F)(F)O8)N5C[C@@H](F)C6)nc4c3F)c12. The minimum Gasteiger partial charge on any atom is -0.508 e. The summed E-state index contributed by atoms with van der Waals surface area (Å²) >= 11 is 0. The first-order valence-electron chi connectivity index (χ1n) is 19.5. The van der Waals surface area contributed by atoms with E-state index in [4.69, 9.17) is 11.2 Å². The smallest absolute Gasteiger partial charge is 0.508 e. The van der Waals surface area contributed by atoms with Gasteiger partial charge < -0.3 is 29.5 Å². The molecule has 5 aromatic rings. The molecule has 4 saturated heterocycles. The quantitative estimate of drug-likeness (QED) is 0.118. The summed E-state index contributed by atoms with van der Waals surface area (Å²) in [6.45, 7) is -0.997. The van der Waals surface area contributed by atoms with Crippen molar-refractivity contribution < 1.29 is 54.4 Å². The van der Waals surface area contributed by atoms with Gasteiger partial charge in [0.2, 0.25) is 0 Å². The Balaban J connectivity index is 1.07. The van der Waals surface area contributed by atoms with Gasteiger partial charge in [-0.2, -0.15) is 18.7 Å². The second-order valence-electron chi connectivity index (χ2n) is 16.4. The molecule has 0 amide bonds. The third-order valence-corrected chi connectivity index (χ3v) is 12.6. The summed E-state index contributed by atoms with van der Waals surface area (Å²) in [6.07, 6.45) is 1.65. The van der Waals surface area contributed by atoms with Gasteiger partial charge in [-0.05, 0) is 60.5 Å². The van der Waals surface area contributed by atoms with Gasteiger partial charge in [-0.3, -0.25) is 14.3 Å². The summed E-state index contributed by atoms with van der Waals surface area (Å²) in [6, 6.07) is 7.76. The van der Waals surface area contributed by atoms with E-state index in [9.17, 15) is 27.1 Å². The molecular weight excluding hydrogens is 816 g/mol. The highest BCUT2D eigenvalue weighted by Gasteiger charge is 2.58. The highest BCUT2D eigenvalue weighted by molar-refractivity contribution is 6.03. The van der Waals surface area contributed by atoms with Crippen LogP contribution in [0.15, 0.2) is 60.8 Å². The Labute approximate surface area is 342 Å². The number of aromatic nitrogens is 3. The molecule has 0 radical (unpaired) electrons. The number of fused-ring (bicyclic) bond motifs is 6. The molecule has 3 aromatic carbocycles. The molecule has 18 heteroatoms. The van der Waals surface area contributed by atoms with E-state index in [2.05, 4.69) is 35.7 Å². The molecule has 10 nitrogen and oxygen atoms in total. The second kappa shape index (κ2) is 14.1. The van der Waals surface area contributed by atoms with Gasteiger partial charge >= 0.3 is 12.3 Å². The molecule has 4 unspecified atom stereocenters. The zero-order chi connectivity index (χ0) is 42.6. The van der Waals surface area contributed by atoms with Crippen LogP contribution in [-0.4, -0.2) is 87.5 Å². The molecule has 5 aliphatic heterocycles. The summed E-state index contributed by atoms with van der Waals surface area (Å²) in [7, 11) is 0. The van der Waals surface area contributed by atoms with Crippen LogP contribution in [0.3, 0.4) is 0 Å². The lowest BCUT2D eigenvalue weighted by molar-refractivity contribution is -0.286. The molecule has 2 N–H and O–H groups in total. The highest BCUT2D eigenvalue weighted by Crippen LogP contribution is 2.54. The average molecular weight is 851 g/mol. The number of phenols is 1. The van der Waals surface area contributed by atoms with Crippen LogP contribution < -0.4 is 24.4 Å². The van der Waals surface area contributed by atoms with Gasteiger partial charge in [-0.1, -0.05) is 18.1 Å². The molecule has 0 aliphatic carbocycles. The van der Waals surface area contributed by atoms with Gasteiger partial charge in [0.15, 0.2) is 17.3 Å². The number of pyridine rings is 1. The Hall–Kier alpha value is -5.93. The van der Waals surface area contributed by atoms with Crippen molar-refractivity contribution in [2.75, 3.05) is 37.8 Å². The maximum absolute atomic E-state index is 17.2. The minimum atomic E-state index is -3.88. The molecule has 10 rings (SSSR count). The number of nitrogens with zero attached hydrogens (tertiary/aromatic N) is 5. The first kappa shape index (κ1) is 39.2. The van der Waals surface area contributed by atoms with Crippen molar-refractivity contribution in [1.29, 1.82) is 0 Å². The van der Waals surface area contributed by atoms with Gasteiger partial charge in [0.25, 0.3) is 6.08 Å². The molecule has 5 aliphatic rings. The van der Waals surface area contributed by atoms with Crippen molar-refractivity contribution in [2.24, 2.45) is 5.92 Å². The van der Waals surface area contributed by atoms with Crippen LogP contribution in [0.25, 0.3) is 32.9 Å². The van der Waals surface area contributed by atoms with Crippen LogP contribution in [0.4, 0.5) is 40.9 Å². The minimum absolute atomic E-state index is 0.000334. The first-order valence-corrected chi connectivity index (χ1v) is 19.5. The Morgan fingerprint density at radius 1 is 1.07 bits per heavy atom. The lowest BCUT2D eigenvalue weighted by Crippen LogP contribution is -2.59. The monoisotopic (exact) mass is 850 g/mol. The lowest BCUT2D eigenvalue weighted by Gasteiger charge is -2.40. The van der Waals surface area contributed by atoms with Crippen molar-refractivity contribution in [2.45, 2.75) is 61.3 Å². The van der Waals surface area contributed by atoms with E-state index in [1.165, 1.54) is 42.6 Å². The van der Waals surface area contributed by atoms with Crippen molar-refractivity contribution in [3.63, 3.8) is 0 Å². The highest BCUT2D eigenvalue weighted by atomic mass is 19.3. The number of nitrogens with one attached hydrogen (secondary N) is 1. The Morgan fingerprint density at radius 3 is 2.67 bits per heavy atom.